The van der Waals surface area contributed by atoms with Gasteiger partial charge in [0.1, 0.15) is 11.2 Å². The first-order chi connectivity index (χ1) is 29.8. The van der Waals surface area contributed by atoms with Crippen molar-refractivity contribution in [3.63, 3.8) is 0 Å². The predicted octanol–water partition coefficient (Wildman–Crippen LogP) is 16.5. The fourth-order valence-corrected chi connectivity index (χ4v) is 8.96. The first kappa shape index (κ1) is 35.2. The molecule has 0 aliphatic heterocycles. The van der Waals surface area contributed by atoms with Crippen LogP contribution in [-0.4, -0.2) is 0 Å². The number of hydrogen-bond donors (Lipinski definition) is 0. The standard InChI is InChI=1S/C58H39NO/c1-3-17-40(18-4-1)49-26-9-10-27-52(49)57-50(42-19-5-2-6-20-42)30-15-31-51(57)44-23-13-24-46(39-44)59(54-32-16-34-56-58(54)53-28-11-12-33-55(53)60-56)45-37-35-43(36-38-45)48-29-14-22-41-21-7-8-25-47(41)48/h1-39H. The predicted molar refractivity (Wildman–Crippen MR) is 253 cm³/mol. The van der Waals surface area contributed by atoms with Crippen LogP contribution in [0.3, 0.4) is 0 Å². The van der Waals surface area contributed by atoms with Gasteiger partial charge < -0.3 is 9.32 Å². The lowest BCUT2D eigenvalue weighted by molar-refractivity contribution is 0.669. The van der Waals surface area contributed by atoms with E-state index >= 15 is 0 Å². The van der Waals surface area contributed by atoms with E-state index in [4.69, 9.17) is 4.42 Å². The van der Waals surface area contributed by atoms with Crippen molar-refractivity contribution in [2.24, 2.45) is 0 Å². The molecule has 0 amide bonds. The Morgan fingerprint density at radius 2 is 0.817 bits per heavy atom. The lowest BCUT2D eigenvalue weighted by atomic mass is 9.84. The van der Waals surface area contributed by atoms with E-state index in [9.17, 15) is 0 Å². The molecule has 0 atom stereocenters. The van der Waals surface area contributed by atoms with Crippen molar-refractivity contribution in [2.75, 3.05) is 4.90 Å². The van der Waals surface area contributed by atoms with Gasteiger partial charge in [-0.15, -0.1) is 0 Å². The summed E-state index contributed by atoms with van der Waals surface area (Å²) < 4.78 is 6.47. The molecule has 60 heavy (non-hydrogen) atoms. The van der Waals surface area contributed by atoms with Crippen LogP contribution in [0.2, 0.25) is 0 Å². The monoisotopic (exact) mass is 765 g/mol. The van der Waals surface area contributed by atoms with Gasteiger partial charge in [-0.05, 0) is 109 Å². The van der Waals surface area contributed by atoms with Crippen molar-refractivity contribution >= 4 is 49.8 Å². The highest BCUT2D eigenvalue weighted by atomic mass is 16.3. The molecule has 0 saturated carbocycles. The van der Waals surface area contributed by atoms with E-state index in [2.05, 4.69) is 235 Å². The number of anilines is 3. The molecule has 0 radical (unpaired) electrons. The van der Waals surface area contributed by atoms with Gasteiger partial charge in [0.2, 0.25) is 0 Å². The number of para-hydroxylation sites is 1. The summed E-state index contributed by atoms with van der Waals surface area (Å²) in [4.78, 5) is 2.39. The summed E-state index contributed by atoms with van der Waals surface area (Å²) in [5.74, 6) is 0. The largest absolute Gasteiger partial charge is 0.456 e. The topological polar surface area (TPSA) is 16.4 Å². The van der Waals surface area contributed by atoms with E-state index in [0.717, 1.165) is 44.6 Å². The van der Waals surface area contributed by atoms with Crippen molar-refractivity contribution in [1.29, 1.82) is 0 Å². The van der Waals surface area contributed by atoms with Gasteiger partial charge in [-0.3, -0.25) is 0 Å². The maximum Gasteiger partial charge on any atom is 0.137 e. The Bertz CT molecular complexity index is 3300. The lowest BCUT2D eigenvalue weighted by Gasteiger charge is -2.27. The molecule has 1 heterocycles. The van der Waals surface area contributed by atoms with Gasteiger partial charge in [0.25, 0.3) is 0 Å². The highest BCUT2D eigenvalue weighted by Gasteiger charge is 2.22. The molecule has 2 nitrogen and oxygen atoms in total. The van der Waals surface area contributed by atoms with E-state index in [1.165, 1.54) is 60.8 Å². The van der Waals surface area contributed by atoms with E-state index in [0.29, 0.717) is 0 Å². The second kappa shape index (κ2) is 15.1. The Balaban J connectivity index is 1.13. The summed E-state index contributed by atoms with van der Waals surface area (Å²) in [6.07, 6.45) is 0. The molecule has 10 aromatic carbocycles. The Hall–Kier alpha value is -7.94. The smallest absolute Gasteiger partial charge is 0.137 e. The highest BCUT2D eigenvalue weighted by molar-refractivity contribution is 6.13. The molecule has 282 valence electrons. The van der Waals surface area contributed by atoms with Gasteiger partial charge in [0.05, 0.1) is 11.1 Å². The van der Waals surface area contributed by atoms with Crippen molar-refractivity contribution in [2.45, 2.75) is 0 Å². The third-order valence-electron chi connectivity index (χ3n) is 11.7. The molecule has 11 rings (SSSR count). The molecule has 0 aliphatic rings. The van der Waals surface area contributed by atoms with Crippen LogP contribution in [0, 0.1) is 0 Å². The molecule has 0 spiro atoms. The number of nitrogens with zero attached hydrogens (tertiary/aromatic N) is 1. The minimum Gasteiger partial charge on any atom is -0.456 e. The maximum absolute atomic E-state index is 6.47. The summed E-state index contributed by atoms with van der Waals surface area (Å²) in [6.45, 7) is 0. The van der Waals surface area contributed by atoms with E-state index in [1.54, 1.807) is 0 Å². The quantitative estimate of drug-likeness (QED) is 0.153. The SMILES string of the molecule is c1ccc(-c2ccccc2-c2c(-c3ccccc3)cccc2-c2cccc(N(c3ccc(-c4cccc5ccccc45)cc3)c3cccc4oc5ccccc5c34)c2)cc1. The van der Waals surface area contributed by atoms with Gasteiger partial charge in [-0.2, -0.15) is 0 Å². The zero-order valence-corrected chi connectivity index (χ0v) is 32.9. The van der Waals surface area contributed by atoms with Crippen LogP contribution in [0.5, 0.6) is 0 Å². The van der Waals surface area contributed by atoms with Gasteiger partial charge in [0.15, 0.2) is 0 Å². The molecule has 0 fully saturated rings. The minimum atomic E-state index is 0.859. The zero-order chi connectivity index (χ0) is 39.8. The van der Waals surface area contributed by atoms with Gasteiger partial charge in [0, 0.05) is 16.8 Å². The van der Waals surface area contributed by atoms with Crippen LogP contribution in [0.25, 0.3) is 88.3 Å². The number of furan rings is 1. The summed E-state index contributed by atoms with van der Waals surface area (Å²) in [5, 5.41) is 4.65. The summed E-state index contributed by atoms with van der Waals surface area (Å²) in [5.41, 5.74) is 16.7. The molecule has 0 unspecified atom stereocenters. The first-order valence-corrected chi connectivity index (χ1v) is 20.5. The van der Waals surface area contributed by atoms with Crippen LogP contribution >= 0.6 is 0 Å². The van der Waals surface area contributed by atoms with Crippen LogP contribution in [0.1, 0.15) is 0 Å². The average Bonchev–Trinajstić information content (AvgIpc) is 3.72. The van der Waals surface area contributed by atoms with Crippen molar-refractivity contribution in [3.8, 4) is 55.6 Å². The van der Waals surface area contributed by atoms with Crippen molar-refractivity contribution in [1.82, 2.24) is 0 Å². The van der Waals surface area contributed by atoms with Gasteiger partial charge >= 0.3 is 0 Å². The molecular weight excluding hydrogens is 727 g/mol. The van der Waals surface area contributed by atoms with E-state index in [1.807, 2.05) is 6.07 Å². The maximum atomic E-state index is 6.47. The molecular formula is C58H39NO. The molecule has 0 aliphatic carbocycles. The Labute approximate surface area is 349 Å². The summed E-state index contributed by atoms with van der Waals surface area (Å²) in [7, 11) is 0. The Kier molecular flexibility index (Phi) is 8.87. The van der Waals surface area contributed by atoms with Crippen LogP contribution in [0.4, 0.5) is 17.1 Å². The van der Waals surface area contributed by atoms with Crippen molar-refractivity contribution in [3.05, 3.63) is 237 Å². The second-order valence-corrected chi connectivity index (χ2v) is 15.2. The normalized spacial score (nSPS) is 11.3. The lowest BCUT2D eigenvalue weighted by Crippen LogP contribution is -2.10. The van der Waals surface area contributed by atoms with E-state index in [-0.39, 0.29) is 0 Å². The van der Waals surface area contributed by atoms with Gasteiger partial charge in [-0.25, -0.2) is 0 Å². The van der Waals surface area contributed by atoms with Crippen molar-refractivity contribution < 1.29 is 4.42 Å². The minimum absolute atomic E-state index is 0.859. The molecule has 0 saturated heterocycles. The highest BCUT2D eigenvalue weighted by Crippen LogP contribution is 2.47. The third-order valence-corrected chi connectivity index (χ3v) is 11.7. The number of hydrogen-bond acceptors (Lipinski definition) is 2. The first-order valence-electron chi connectivity index (χ1n) is 20.5. The van der Waals surface area contributed by atoms with Crippen LogP contribution in [-0.2, 0) is 0 Å². The van der Waals surface area contributed by atoms with Crippen LogP contribution in [0.15, 0.2) is 241 Å². The number of fused-ring (bicyclic) bond motifs is 4. The van der Waals surface area contributed by atoms with E-state index < -0.39 is 0 Å². The van der Waals surface area contributed by atoms with Crippen LogP contribution < -0.4 is 4.90 Å². The molecule has 11 aromatic rings. The molecule has 1 aromatic heterocycles. The molecule has 0 N–H and O–H groups in total. The fraction of sp³-hybridized carbons (Fsp3) is 0. The zero-order valence-electron chi connectivity index (χ0n) is 32.9. The molecule has 2 heteroatoms. The Morgan fingerprint density at radius 3 is 1.62 bits per heavy atom. The average molecular weight is 766 g/mol. The van der Waals surface area contributed by atoms with Gasteiger partial charge in [-0.1, -0.05) is 194 Å². The summed E-state index contributed by atoms with van der Waals surface area (Å²) in [6, 6.07) is 84.9. The second-order valence-electron chi connectivity index (χ2n) is 15.2. The number of benzene rings is 10. The fourth-order valence-electron chi connectivity index (χ4n) is 8.96. The third kappa shape index (κ3) is 6.23. The summed E-state index contributed by atoms with van der Waals surface area (Å²) >= 11 is 0. The molecule has 0 bridgehead atoms. The Morgan fingerprint density at radius 1 is 0.300 bits per heavy atom. The number of rotatable bonds is 8.